The molecule has 8 heteroatoms. The minimum atomic E-state index is -3.60. The van der Waals surface area contributed by atoms with Crippen LogP contribution in [0, 0.1) is 6.92 Å². The maximum atomic E-state index is 11.9. The number of H-pyrrole nitrogens is 1. The van der Waals surface area contributed by atoms with E-state index in [1.165, 1.54) is 23.6 Å². The largest absolute Gasteiger partial charge is 0.280 e. The zero-order chi connectivity index (χ0) is 12.5. The van der Waals surface area contributed by atoms with Crippen molar-refractivity contribution in [2.45, 2.75) is 25.3 Å². The van der Waals surface area contributed by atoms with Gasteiger partial charge in [-0.1, -0.05) is 6.92 Å². The third kappa shape index (κ3) is 2.47. The van der Waals surface area contributed by atoms with Gasteiger partial charge < -0.3 is 0 Å². The fourth-order valence-electron chi connectivity index (χ4n) is 1.36. The summed E-state index contributed by atoms with van der Waals surface area (Å²) in [6.45, 7) is 3.90. The first-order chi connectivity index (χ1) is 8.03. The maximum absolute atomic E-state index is 11.9. The van der Waals surface area contributed by atoms with Gasteiger partial charge in [0.25, 0.3) is 10.0 Å². The molecule has 0 unspecified atom stereocenters. The van der Waals surface area contributed by atoms with Crippen LogP contribution in [0.15, 0.2) is 17.3 Å². The van der Waals surface area contributed by atoms with Gasteiger partial charge in [0.1, 0.15) is 0 Å². The number of nitrogens with zero attached hydrogens (tertiary/aromatic N) is 2. The predicted molar refractivity (Wildman–Crippen MR) is 65.6 cm³/mol. The van der Waals surface area contributed by atoms with Crippen molar-refractivity contribution in [2.24, 2.45) is 0 Å². The average molecular weight is 272 g/mol. The lowest BCUT2D eigenvalue weighted by Gasteiger charge is -2.01. The molecule has 2 aromatic rings. The highest BCUT2D eigenvalue weighted by Crippen LogP contribution is 2.24. The summed E-state index contributed by atoms with van der Waals surface area (Å²) >= 11 is 1.33. The molecule has 0 fully saturated rings. The second-order valence-corrected chi connectivity index (χ2v) is 6.26. The fourth-order valence-corrected chi connectivity index (χ4v) is 3.41. The van der Waals surface area contributed by atoms with Crippen molar-refractivity contribution in [1.82, 2.24) is 15.2 Å². The summed E-state index contributed by atoms with van der Waals surface area (Å²) in [7, 11) is -3.60. The van der Waals surface area contributed by atoms with Crippen molar-refractivity contribution in [1.29, 1.82) is 0 Å². The summed E-state index contributed by atoms with van der Waals surface area (Å²) in [6, 6.07) is 1.39. The van der Waals surface area contributed by atoms with Crippen LogP contribution >= 0.6 is 11.3 Å². The summed E-state index contributed by atoms with van der Waals surface area (Å²) in [5.41, 5.74) is 0.914. The number of sulfonamides is 1. The molecule has 0 amide bonds. The van der Waals surface area contributed by atoms with Gasteiger partial charge in [-0.15, -0.1) is 11.3 Å². The van der Waals surface area contributed by atoms with E-state index in [1.807, 2.05) is 13.8 Å². The standard InChI is InChI=1S/C9H12N4O2S2/c1-3-7-6(2)16-9(11-7)13-17(14,15)8-4-5-10-12-8/h4-5H,3H2,1-2H3,(H,10,12)(H,11,13). The monoisotopic (exact) mass is 272 g/mol. The number of nitrogens with one attached hydrogen (secondary N) is 2. The topological polar surface area (TPSA) is 87.7 Å². The summed E-state index contributed by atoms with van der Waals surface area (Å²) in [5, 5.41) is 6.43. The molecule has 0 aromatic carbocycles. The van der Waals surface area contributed by atoms with Crippen LogP contribution in [0.3, 0.4) is 0 Å². The molecule has 0 radical (unpaired) electrons. The number of thiazole rings is 1. The molecule has 0 bridgehead atoms. The minimum Gasteiger partial charge on any atom is -0.266 e. The normalized spacial score (nSPS) is 11.6. The van der Waals surface area contributed by atoms with Crippen LogP contribution in [-0.4, -0.2) is 23.6 Å². The van der Waals surface area contributed by atoms with E-state index in [1.54, 1.807) is 0 Å². The molecule has 0 aliphatic heterocycles. The van der Waals surface area contributed by atoms with E-state index in [-0.39, 0.29) is 5.03 Å². The lowest BCUT2D eigenvalue weighted by molar-refractivity contribution is 0.597. The van der Waals surface area contributed by atoms with Gasteiger partial charge >= 0.3 is 0 Å². The van der Waals surface area contributed by atoms with Gasteiger partial charge in [0.05, 0.1) is 11.9 Å². The summed E-state index contributed by atoms with van der Waals surface area (Å²) < 4.78 is 26.1. The van der Waals surface area contributed by atoms with Gasteiger partial charge in [-0.05, 0) is 19.4 Å². The Morgan fingerprint density at radius 2 is 2.29 bits per heavy atom. The number of aromatic nitrogens is 3. The highest BCUT2D eigenvalue weighted by molar-refractivity contribution is 7.92. The Bertz CT molecular complexity index is 601. The van der Waals surface area contributed by atoms with Crippen molar-refractivity contribution < 1.29 is 8.42 Å². The molecular weight excluding hydrogens is 260 g/mol. The van der Waals surface area contributed by atoms with Crippen LogP contribution in [0.2, 0.25) is 0 Å². The molecule has 0 saturated heterocycles. The highest BCUT2D eigenvalue weighted by atomic mass is 32.2. The second-order valence-electron chi connectivity index (χ2n) is 3.40. The zero-order valence-electron chi connectivity index (χ0n) is 9.39. The van der Waals surface area contributed by atoms with Crippen molar-refractivity contribution in [3.8, 4) is 0 Å². The number of rotatable bonds is 4. The van der Waals surface area contributed by atoms with Crippen molar-refractivity contribution >= 4 is 26.5 Å². The number of hydrogen-bond acceptors (Lipinski definition) is 5. The number of hydrogen-bond donors (Lipinski definition) is 2. The van der Waals surface area contributed by atoms with Gasteiger partial charge in [-0.25, -0.2) is 4.98 Å². The quantitative estimate of drug-likeness (QED) is 0.883. The van der Waals surface area contributed by atoms with Gasteiger partial charge in [0, 0.05) is 4.88 Å². The van der Waals surface area contributed by atoms with Crippen molar-refractivity contribution in [2.75, 3.05) is 4.72 Å². The lowest BCUT2D eigenvalue weighted by atomic mass is 10.3. The first-order valence-corrected chi connectivity index (χ1v) is 7.31. The van der Waals surface area contributed by atoms with E-state index in [2.05, 4.69) is 19.9 Å². The Morgan fingerprint density at radius 1 is 1.53 bits per heavy atom. The molecule has 2 aromatic heterocycles. The van der Waals surface area contributed by atoms with E-state index in [0.717, 1.165) is 17.0 Å². The van der Waals surface area contributed by atoms with Crippen LogP contribution in [0.5, 0.6) is 0 Å². The molecule has 6 nitrogen and oxygen atoms in total. The zero-order valence-corrected chi connectivity index (χ0v) is 11.0. The van der Waals surface area contributed by atoms with E-state index < -0.39 is 10.0 Å². The Labute approximate surface area is 103 Å². The van der Waals surface area contributed by atoms with Gasteiger partial charge in [-0.3, -0.25) is 9.82 Å². The average Bonchev–Trinajstić information content (AvgIpc) is 2.86. The molecule has 2 N–H and O–H groups in total. The Kier molecular flexibility index (Phi) is 3.16. The van der Waals surface area contributed by atoms with Crippen molar-refractivity contribution in [3.05, 3.63) is 22.8 Å². The van der Waals surface area contributed by atoms with Crippen LogP contribution in [0.1, 0.15) is 17.5 Å². The molecule has 0 saturated carbocycles. The Morgan fingerprint density at radius 3 is 2.82 bits per heavy atom. The molecule has 0 aliphatic rings. The summed E-state index contributed by atoms with van der Waals surface area (Å²) in [5.74, 6) is 0. The molecule has 92 valence electrons. The SMILES string of the molecule is CCc1nc(NS(=O)(=O)c2ccn[nH]2)sc1C. The van der Waals surface area contributed by atoms with E-state index in [0.29, 0.717) is 5.13 Å². The molecular formula is C9H12N4O2S2. The third-order valence-electron chi connectivity index (χ3n) is 2.21. The Balaban J connectivity index is 2.26. The number of aryl methyl sites for hydroxylation is 2. The lowest BCUT2D eigenvalue weighted by Crippen LogP contribution is -2.13. The highest BCUT2D eigenvalue weighted by Gasteiger charge is 2.18. The Hall–Kier alpha value is -1.41. The van der Waals surface area contributed by atoms with Crippen LogP contribution < -0.4 is 4.72 Å². The summed E-state index contributed by atoms with van der Waals surface area (Å²) in [6.07, 6.45) is 2.17. The van der Waals surface area contributed by atoms with E-state index in [9.17, 15) is 8.42 Å². The van der Waals surface area contributed by atoms with Gasteiger partial charge in [0.2, 0.25) is 0 Å². The first-order valence-electron chi connectivity index (χ1n) is 5.01. The molecule has 2 rings (SSSR count). The van der Waals surface area contributed by atoms with Crippen LogP contribution in [0.4, 0.5) is 5.13 Å². The molecule has 2 heterocycles. The fraction of sp³-hybridized carbons (Fsp3) is 0.333. The van der Waals surface area contributed by atoms with Crippen LogP contribution in [0.25, 0.3) is 0 Å². The number of aromatic amines is 1. The van der Waals surface area contributed by atoms with Gasteiger partial charge in [-0.2, -0.15) is 13.5 Å². The number of anilines is 1. The van der Waals surface area contributed by atoms with E-state index >= 15 is 0 Å². The van der Waals surface area contributed by atoms with Gasteiger partial charge in [0.15, 0.2) is 10.2 Å². The molecule has 17 heavy (non-hydrogen) atoms. The van der Waals surface area contributed by atoms with Crippen molar-refractivity contribution in [3.63, 3.8) is 0 Å². The smallest absolute Gasteiger partial charge is 0.266 e. The maximum Gasteiger partial charge on any atom is 0.280 e. The molecule has 0 spiro atoms. The third-order valence-corrected chi connectivity index (χ3v) is 4.54. The minimum absolute atomic E-state index is 0.0309. The molecule has 0 atom stereocenters. The predicted octanol–water partition coefficient (Wildman–Crippen LogP) is 1.54. The van der Waals surface area contributed by atoms with Crippen LogP contribution in [-0.2, 0) is 16.4 Å². The molecule has 0 aliphatic carbocycles. The summed E-state index contributed by atoms with van der Waals surface area (Å²) in [4.78, 5) is 5.24. The first kappa shape index (κ1) is 12.1. The van der Waals surface area contributed by atoms with E-state index in [4.69, 9.17) is 0 Å². The second kappa shape index (κ2) is 4.46.